The fraction of sp³-hybridized carbons (Fsp3) is 0.250. The largest absolute Gasteiger partial charge is 0.366 e. The highest BCUT2D eigenvalue weighted by atomic mass is 19.1. The van der Waals surface area contributed by atoms with Gasteiger partial charge in [0.05, 0.1) is 11.9 Å². The number of piperazine rings is 1. The monoisotopic (exact) mass is 364 g/mol. The van der Waals surface area contributed by atoms with E-state index in [1.807, 2.05) is 42.5 Å². The number of halogens is 1. The molecule has 0 saturated carbocycles. The molecule has 3 aromatic rings. The van der Waals surface area contributed by atoms with Gasteiger partial charge in [0.1, 0.15) is 5.82 Å². The van der Waals surface area contributed by atoms with Crippen molar-refractivity contribution in [1.29, 1.82) is 0 Å². The second-order valence-corrected chi connectivity index (χ2v) is 6.40. The zero-order valence-corrected chi connectivity index (χ0v) is 14.9. The van der Waals surface area contributed by atoms with Crippen molar-refractivity contribution in [2.24, 2.45) is 0 Å². The number of hydrogen-bond acceptors (Lipinski definition) is 6. The van der Waals surface area contributed by atoms with Crippen molar-refractivity contribution >= 4 is 17.5 Å². The third-order valence-electron chi connectivity index (χ3n) is 4.64. The van der Waals surface area contributed by atoms with Crippen LogP contribution in [-0.2, 0) is 6.54 Å². The Hall–Kier alpha value is -3.22. The molecule has 0 bridgehead atoms. The summed E-state index contributed by atoms with van der Waals surface area (Å²) in [4.78, 5) is 8.79. The van der Waals surface area contributed by atoms with E-state index in [0.717, 1.165) is 37.6 Å². The second kappa shape index (κ2) is 7.99. The minimum Gasteiger partial charge on any atom is -0.366 e. The fourth-order valence-corrected chi connectivity index (χ4v) is 3.18. The van der Waals surface area contributed by atoms with E-state index in [0.29, 0.717) is 18.2 Å². The fourth-order valence-electron chi connectivity index (χ4n) is 3.18. The lowest BCUT2D eigenvalue weighted by Gasteiger charge is -2.36. The first-order valence-electron chi connectivity index (χ1n) is 9.01. The Morgan fingerprint density at radius 3 is 2.37 bits per heavy atom. The molecule has 0 unspecified atom stereocenters. The van der Waals surface area contributed by atoms with Crippen molar-refractivity contribution in [1.82, 2.24) is 15.2 Å². The van der Waals surface area contributed by atoms with Crippen LogP contribution in [0.25, 0.3) is 0 Å². The van der Waals surface area contributed by atoms with Gasteiger partial charge in [-0.1, -0.05) is 42.5 Å². The standard InChI is InChI=1S/C20H21FN6/c21-17-8-4-5-9-18(17)26-10-12-27(13-11-26)19-15-23-25-20(24-19)22-14-16-6-2-1-3-7-16/h1-9,15H,10-14H2,(H,22,24,25). The second-order valence-electron chi connectivity index (χ2n) is 6.40. The maximum atomic E-state index is 14.0. The molecule has 6 nitrogen and oxygen atoms in total. The summed E-state index contributed by atoms with van der Waals surface area (Å²) in [5.41, 5.74) is 1.81. The lowest BCUT2D eigenvalue weighted by Crippen LogP contribution is -2.47. The smallest absolute Gasteiger partial charge is 0.244 e. The van der Waals surface area contributed by atoms with E-state index in [1.165, 1.54) is 6.07 Å². The first-order valence-corrected chi connectivity index (χ1v) is 9.01. The van der Waals surface area contributed by atoms with Crippen LogP contribution in [0.4, 0.5) is 21.8 Å². The number of para-hydroxylation sites is 1. The summed E-state index contributed by atoms with van der Waals surface area (Å²) in [6.07, 6.45) is 1.67. The van der Waals surface area contributed by atoms with Gasteiger partial charge in [0.25, 0.3) is 0 Å². The summed E-state index contributed by atoms with van der Waals surface area (Å²) in [5, 5.41) is 11.3. The van der Waals surface area contributed by atoms with Gasteiger partial charge in [-0.05, 0) is 17.7 Å². The van der Waals surface area contributed by atoms with Crippen LogP contribution in [-0.4, -0.2) is 41.4 Å². The molecule has 1 aliphatic rings. The van der Waals surface area contributed by atoms with Gasteiger partial charge in [-0.25, -0.2) is 4.39 Å². The molecule has 0 spiro atoms. The highest BCUT2D eigenvalue weighted by Gasteiger charge is 2.20. The van der Waals surface area contributed by atoms with E-state index in [1.54, 1.807) is 12.3 Å². The molecule has 27 heavy (non-hydrogen) atoms. The Labute approximate surface area is 157 Å². The van der Waals surface area contributed by atoms with E-state index in [9.17, 15) is 4.39 Å². The number of anilines is 3. The number of nitrogens with zero attached hydrogens (tertiary/aromatic N) is 5. The number of rotatable bonds is 5. The summed E-state index contributed by atoms with van der Waals surface area (Å²) >= 11 is 0. The average Bonchev–Trinajstić information content (AvgIpc) is 2.74. The van der Waals surface area contributed by atoms with Crippen molar-refractivity contribution < 1.29 is 4.39 Å². The van der Waals surface area contributed by atoms with Crippen molar-refractivity contribution in [3.8, 4) is 0 Å². The van der Waals surface area contributed by atoms with Crippen LogP contribution in [0, 0.1) is 5.82 Å². The molecule has 1 aliphatic heterocycles. The first kappa shape index (κ1) is 17.2. The molecule has 2 aromatic carbocycles. The summed E-state index contributed by atoms with van der Waals surface area (Å²) < 4.78 is 14.0. The molecule has 2 heterocycles. The van der Waals surface area contributed by atoms with Crippen molar-refractivity contribution in [3.63, 3.8) is 0 Å². The Kier molecular flexibility index (Phi) is 5.09. The van der Waals surface area contributed by atoms with Gasteiger partial charge >= 0.3 is 0 Å². The third kappa shape index (κ3) is 4.13. The van der Waals surface area contributed by atoms with Crippen LogP contribution < -0.4 is 15.1 Å². The maximum Gasteiger partial charge on any atom is 0.244 e. The van der Waals surface area contributed by atoms with Gasteiger partial charge in [-0.3, -0.25) is 0 Å². The number of nitrogens with one attached hydrogen (secondary N) is 1. The predicted octanol–water partition coefficient (Wildman–Crippen LogP) is 2.95. The van der Waals surface area contributed by atoms with Crippen molar-refractivity contribution in [2.75, 3.05) is 41.3 Å². The minimum absolute atomic E-state index is 0.179. The van der Waals surface area contributed by atoms with Crippen molar-refractivity contribution in [2.45, 2.75) is 6.54 Å². The van der Waals surface area contributed by atoms with Crippen molar-refractivity contribution in [3.05, 3.63) is 72.2 Å². The SMILES string of the molecule is Fc1ccccc1N1CCN(c2cnnc(NCc3ccccc3)n2)CC1. The minimum atomic E-state index is -0.179. The molecule has 0 amide bonds. The van der Waals surface area contributed by atoms with E-state index in [4.69, 9.17) is 0 Å². The molecule has 0 atom stereocenters. The van der Waals surface area contributed by atoms with Crippen LogP contribution in [0.2, 0.25) is 0 Å². The molecule has 4 rings (SSSR count). The lowest BCUT2D eigenvalue weighted by molar-refractivity contribution is 0.595. The maximum absolute atomic E-state index is 14.0. The van der Waals surface area contributed by atoms with Crippen LogP contribution in [0.5, 0.6) is 0 Å². The molecule has 138 valence electrons. The first-order chi connectivity index (χ1) is 13.3. The van der Waals surface area contributed by atoms with Gasteiger partial charge in [0.15, 0.2) is 5.82 Å². The van der Waals surface area contributed by atoms with E-state index >= 15 is 0 Å². The van der Waals surface area contributed by atoms with E-state index in [2.05, 4.69) is 30.3 Å². The molecular formula is C20H21FN6. The highest BCUT2D eigenvalue weighted by molar-refractivity contribution is 5.50. The molecule has 1 saturated heterocycles. The Balaban J connectivity index is 1.38. The predicted molar refractivity (Wildman–Crippen MR) is 104 cm³/mol. The van der Waals surface area contributed by atoms with Gasteiger partial charge in [-0.15, -0.1) is 5.10 Å². The normalized spacial score (nSPS) is 14.3. The van der Waals surface area contributed by atoms with Gasteiger partial charge in [-0.2, -0.15) is 10.1 Å². The summed E-state index contributed by atoms with van der Waals surface area (Å²) in [6, 6.07) is 17.0. The number of hydrogen-bond donors (Lipinski definition) is 1. The molecule has 1 N–H and O–H groups in total. The topological polar surface area (TPSA) is 57.2 Å². The molecule has 1 aromatic heterocycles. The summed E-state index contributed by atoms with van der Waals surface area (Å²) in [5.74, 6) is 1.11. The molecule has 7 heteroatoms. The van der Waals surface area contributed by atoms with Crippen LogP contribution >= 0.6 is 0 Å². The highest BCUT2D eigenvalue weighted by Crippen LogP contribution is 2.22. The molecule has 0 aliphatic carbocycles. The molecule has 0 radical (unpaired) electrons. The van der Waals surface area contributed by atoms with Gasteiger partial charge in [0, 0.05) is 32.7 Å². The number of benzene rings is 2. The van der Waals surface area contributed by atoms with Crippen LogP contribution in [0.3, 0.4) is 0 Å². The Morgan fingerprint density at radius 1 is 0.889 bits per heavy atom. The van der Waals surface area contributed by atoms with Crippen LogP contribution in [0.1, 0.15) is 5.56 Å². The van der Waals surface area contributed by atoms with Gasteiger partial charge < -0.3 is 15.1 Å². The third-order valence-corrected chi connectivity index (χ3v) is 4.64. The quantitative estimate of drug-likeness (QED) is 0.751. The Bertz CT molecular complexity index is 880. The lowest BCUT2D eigenvalue weighted by atomic mass is 10.2. The number of aromatic nitrogens is 3. The van der Waals surface area contributed by atoms with Crippen LogP contribution in [0.15, 0.2) is 60.8 Å². The van der Waals surface area contributed by atoms with E-state index in [-0.39, 0.29) is 5.82 Å². The summed E-state index contributed by atoms with van der Waals surface area (Å²) in [6.45, 7) is 3.62. The average molecular weight is 364 g/mol. The van der Waals surface area contributed by atoms with Gasteiger partial charge in [0.2, 0.25) is 5.95 Å². The van der Waals surface area contributed by atoms with E-state index < -0.39 is 0 Å². The summed E-state index contributed by atoms with van der Waals surface area (Å²) in [7, 11) is 0. The Morgan fingerprint density at radius 2 is 1.59 bits per heavy atom. The molecular weight excluding hydrogens is 343 g/mol. The zero-order chi connectivity index (χ0) is 18.5. The zero-order valence-electron chi connectivity index (χ0n) is 14.9. The molecule has 1 fully saturated rings.